The quantitative estimate of drug-likeness (QED) is 0.790. The molecule has 136 valence electrons. The van der Waals surface area contributed by atoms with Crippen molar-refractivity contribution in [1.29, 1.82) is 5.26 Å². The maximum atomic E-state index is 12.0. The predicted molar refractivity (Wildman–Crippen MR) is 100 cm³/mol. The number of benzene rings is 2. The minimum absolute atomic E-state index is 0.123. The highest BCUT2D eigenvalue weighted by molar-refractivity contribution is 5.77. The standard InChI is InChI=1S/C20H23N3O3/c1-4-25-19-11-16(12-21)7-10-18(19)26-14-20(24)22-13-15-5-8-17(9-6-15)23(2)3/h5-11H,4,13-14H2,1-3H3,(H,22,24). The number of nitriles is 1. The van der Waals surface area contributed by atoms with E-state index in [1.54, 1.807) is 18.2 Å². The van der Waals surface area contributed by atoms with Crippen LogP contribution in [0.25, 0.3) is 0 Å². The molecule has 0 aromatic heterocycles. The monoisotopic (exact) mass is 353 g/mol. The molecule has 1 N–H and O–H groups in total. The van der Waals surface area contributed by atoms with Gasteiger partial charge in [0.15, 0.2) is 18.1 Å². The Balaban J connectivity index is 1.87. The molecule has 0 aliphatic rings. The van der Waals surface area contributed by atoms with Crippen LogP contribution in [0.3, 0.4) is 0 Å². The molecule has 2 aromatic rings. The molecular formula is C20H23N3O3. The minimum atomic E-state index is -0.228. The van der Waals surface area contributed by atoms with Crippen LogP contribution in [0.15, 0.2) is 42.5 Å². The van der Waals surface area contributed by atoms with E-state index >= 15 is 0 Å². The van der Waals surface area contributed by atoms with Crippen LogP contribution < -0.4 is 19.7 Å². The Morgan fingerprint density at radius 1 is 1.12 bits per heavy atom. The molecule has 0 unspecified atom stereocenters. The molecule has 0 bridgehead atoms. The van der Waals surface area contributed by atoms with Crippen LogP contribution >= 0.6 is 0 Å². The molecular weight excluding hydrogens is 330 g/mol. The molecule has 2 rings (SSSR count). The SMILES string of the molecule is CCOc1cc(C#N)ccc1OCC(=O)NCc1ccc(N(C)C)cc1. The van der Waals surface area contributed by atoms with Gasteiger partial charge in [0.25, 0.3) is 5.91 Å². The van der Waals surface area contributed by atoms with Crippen LogP contribution in [-0.2, 0) is 11.3 Å². The lowest BCUT2D eigenvalue weighted by molar-refractivity contribution is -0.123. The van der Waals surface area contributed by atoms with Gasteiger partial charge < -0.3 is 19.7 Å². The topological polar surface area (TPSA) is 74.6 Å². The second kappa shape index (κ2) is 9.33. The number of amides is 1. The predicted octanol–water partition coefficient (Wildman–Crippen LogP) is 2.72. The molecule has 0 fully saturated rings. The molecule has 0 aliphatic carbocycles. The lowest BCUT2D eigenvalue weighted by Gasteiger charge is -2.13. The largest absolute Gasteiger partial charge is 0.490 e. The van der Waals surface area contributed by atoms with E-state index < -0.39 is 0 Å². The zero-order chi connectivity index (χ0) is 18.9. The van der Waals surface area contributed by atoms with Gasteiger partial charge in [-0.15, -0.1) is 0 Å². The third kappa shape index (κ3) is 5.42. The molecule has 2 aromatic carbocycles. The molecule has 0 saturated heterocycles. The summed E-state index contributed by atoms with van der Waals surface area (Å²) in [5.74, 6) is 0.670. The smallest absolute Gasteiger partial charge is 0.258 e. The van der Waals surface area contributed by atoms with Gasteiger partial charge >= 0.3 is 0 Å². The number of rotatable bonds is 8. The summed E-state index contributed by atoms with van der Waals surface area (Å²) in [4.78, 5) is 14.0. The molecule has 1 amide bonds. The van der Waals surface area contributed by atoms with E-state index in [2.05, 4.69) is 5.32 Å². The van der Waals surface area contributed by atoms with Crippen molar-refractivity contribution >= 4 is 11.6 Å². The maximum Gasteiger partial charge on any atom is 0.258 e. The van der Waals surface area contributed by atoms with E-state index in [9.17, 15) is 4.79 Å². The Morgan fingerprint density at radius 3 is 2.46 bits per heavy atom. The number of carbonyl (C=O) groups excluding carboxylic acids is 1. The second-order valence-electron chi connectivity index (χ2n) is 5.83. The first-order valence-electron chi connectivity index (χ1n) is 8.36. The van der Waals surface area contributed by atoms with Gasteiger partial charge in [-0.1, -0.05) is 12.1 Å². The Hall–Kier alpha value is -3.20. The van der Waals surface area contributed by atoms with Crippen molar-refractivity contribution in [2.75, 3.05) is 32.2 Å². The van der Waals surface area contributed by atoms with Crippen molar-refractivity contribution in [3.8, 4) is 17.6 Å². The highest BCUT2D eigenvalue weighted by atomic mass is 16.5. The van der Waals surface area contributed by atoms with Crippen LogP contribution in [0, 0.1) is 11.3 Å². The molecule has 0 heterocycles. The number of nitrogens with one attached hydrogen (secondary N) is 1. The molecule has 0 spiro atoms. The highest BCUT2D eigenvalue weighted by Gasteiger charge is 2.09. The van der Waals surface area contributed by atoms with E-state index in [0.29, 0.717) is 30.2 Å². The summed E-state index contributed by atoms with van der Waals surface area (Å²) in [5.41, 5.74) is 2.59. The van der Waals surface area contributed by atoms with Crippen LogP contribution in [0.2, 0.25) is 0 Å². The second-order valence-corrected chi connectivity index (χ2v) is 5.83. The average molecular weight is 353 g/mol. The third-order valence-electron chi connectivity index (χ3n) is 3.67. The van der Waals surface area contributed by atoms with Crippen LogP contribution in [0.1, 0.15) is 18.1 Å². The van der Waals surface area contributed by atoms with Gasteiger partial charge in [0, 0.05) is 32.4 Å². The number of ether oxygens (including phenoxy) is 2. The normalized spacial score (nSPS) is 9.92. The van der Waals surface area contributed by atoms with Gasteiger partial charge in [-0.2, -0.15) is 5.26 Å². The number of anilines is 1. The van der Waals surface area contributed by atoms with Gasteiger partial charge in [0.05, 0.1) is 18.2 Å². The fourth-order valence-electron chi connectivity index (χ4n) is 2.27. The lowest BCUT2D eigenvalue weighted by Crippen LogP contribution is -2.28. The van der Waals surface area contributed by atoms with Crippen molar-refractivity contribution in [3.05, 3.63) is 53.6 Å². The van der Waals surface area contributed by atoms with Crippen molar-refractivity contribution in [3.63, 3.8) is 0 Å². The fraction of sp³-hybridized carbons (Fsp3) is 0.300. The van der Waals surface area contributed by atoms with Gasteiger partial charge in [-0.05, 0) is 36.8 Å². The number of hydrogen-bond acceptors (Lipinski definition) is 5. The van der Waals surface area contributed by atoms with Crippen LogP contribution in [0.4, 0.5) is 5.69 Å². The Kier molecular flexibility index (Phi) is 6.86. The van der Waals surface area contributed by atoms with E-state index in [-0.39, 0.29) is 12.5 Å². The van der Waals surface area contributed by atoms with Crippen LogP contribution in [0.5, 0.6) is 11.5 Å². The van der Waals surface area contributed by atoms with Gasteiger partial charge in [-0.25, -0.2) is 0 Å². The minimum Gasteiger partial charge on any atom is -0.490 e. The van der Waals surface area contributed by atoms with Crippen LogP contribution in [-0.4, -0.2) is 33.2 Å². The fourth-order valence-corrected chi connectivity index (χ4v) is 2.27. The number of hydrogen-bond donors (Lipinski definition) is 1. The average Bonchev–Trinajstić information content (AvgIpc) is 2.65. The summed E-state index contributed by atoms with van der Waals surface area (Å²) >= 11 is 0. The molecule has 0 saturated carbocycles. The first-order valence-corrected chi connectivity index (χ1v) is 8.36. The van der Waals surface area contributed by atoms with Gasteiger partial charge in [0.1, 0.15) is 0 Å². The Morgan fingerprint density at radius 2 is 1.85 bits per heavy atom. The molecule has 0 radical (unpaired) electrons. The summed E-state index contributed by atoms with van der Waals surface area (Å²) < 4.78 is 11.0. The summed E-state index contributed by atoms with van der Waals surface area (Å²) in [6.45, 7) is 2.60. The van der Waals surface area contributed by atoms with Gasteiger partial charge in [-0.3, -0.25) is 4.79 Å². The summed E-state index contributed by atoms with van der Waals surface area (Å²) in [6.07, 6.45) is 0. The van der Waals surface area contributed by atoms with E-state index in [1.807, 2.05) is 56.3 Å². The van der Waals surface area contributed by atoms with Gasteiger partial charge in [0.2, 0.25) is 0 Å². The van der Waals surface area contributed by atoms with Crippen molar-refractivity contribution in [2.45, 2.75) is 13.5 Å². The zero-order valence-electron chi connectivity index (χ0n) is 15.3. The molecule has 6 heteroatoms. The summed E-state index contributed by atoms with van der Waals surface area (Å²) in [5, 5.41) is 11.8. The zero-order valence-corrected chi connectivity index (χ0v) is 15.3. The first kappa shape index (κ1) is 19.1. The molecule has 0 atom stereocenters. The maximum absolute atomic E-state index is 12.0. The third-order valence-corrected chi connectivity index (χ3v) is 3.67. The van der Waals surface area contributed by atoms with E-state index in [0.717, 1.165) is 11.3 Å². The highest BCUT2D eigenvalue weighted by Crippen LogP contribution is 2.28. The number of nitrogens with zero attached hydrogens (tertiary/aromatic N) is 2. The van der Waals surface area contributed by atoms with Crippen molar-refractivity contribution in [1.82, 2.24) is 5.32 Å². The molecule has 0 aliphatic heterocycles. The first-order chi connectivity index (χ1) is 12.5. The van der Waals surface area contributed by atoms with Crippen molar-refractivity contribution in [2.24, 2.45) is 0 Å². The van der Waals surface area contributed by atoms with E-state index in [4.69, 9.17) is 14.7 Å². The lowest BCUT2D eigenvalue weighted by atomic mass is 10.2. The van der Waals surface area contributed by atoms with E-state index in [1.165, 1.54) is 0 Å². The number of carbonyl (C=O) groups is 1. The molecule has 6 nitrogen and oxygen atoms in total. The van der Waals surface area contributed by atoms with Crippen molar-refractivity contribution < 1.29 is 14.3 Å². The summed E-state index contributed by atoms with van der Waals surface area (Å²) in [7, 11) is 3.96. The Bertz CT molecular complexity index is 780. The Labute approximate surface area is 153 Å². The molecule has 26 heavy (non-hydrogen) atoms. The summed E-state index contributed by atoms with van der Waals surface area (Å²) in [6, 6.07) is 14.9.